The third-order valence-electron chi connectivity index (χ3n) is 6.20. The fourth-order valence-corrected chi connectivity index (χ4v) is 4.64. The van der Waals surface area contributed by atoms with Gasteiger partial charge in [-0.3, -0.25) is 0 Å². The summed E-state index contributed by atoms with van der Waals surface area (Å²) in [5.41, 5.74) is 8.05. The molecule has 0 aromatic heterocycles. The first-order chi connectivity index (χ1) is 16.5. The highest BCUT2D eigenvalue weighted by Crippen LogP contribution is 2.45. The number of phenols is 3. The number of anilines is 3. The summed E-state index contributed by atoms with van der Waals surface area (Å²) in [6, 6.07) is 18.4. The standard InChI is InChI=1S/C30H31NO4/c1-17-15-28(18(2)14-27(17)34)35-26-9-7-8-23(16-26)31(29-19(3)10-24(32)11-20(29)4)30-21(5)12-25(33)13-22(30)6/h7-16,32-34H,1-6H3. The van der Waals surface area contributed by atoms with Crippen molar-refractivity contribution in [2.45, 2.75) is 41.5 Å². The van der Waals surface area contributed by atoms with Gasteiger partial charge in [0, 0.05) is 11.8 Å². The number of benzene rings is 4. The number of hydrogen-bond acceptors (Lipinski definition) is 5. The van der Waals surface area contributed by atoms with Crippen molar-refractivity contribution in [3.63, 3.8) is 0 Å². The summed E-state index contributed by atoms with van der Waals surface area (Å²) >= 11 is 0. The number of rotatable bonds is 5. The predicted molar refractivity (Wildman–Crippen MR) is 141 cm³/mol. The summed E-state index contributed by atoms with van der Waals surface area (Å²) in [5.74, 6) is 2.02. The van der Waals surface area contributed by atoms with Crippen LogP contribution in [0.25, 0.3) is 0 Å². The van der Waals surface area contributed by atoms with Crippen molar-refractivity contribution in [3.05, 3.63) is 94.0 Å². The fourth-order valence-electron chi connectivity index (χ4n) is 4.64. The molecule has 0 spiro atoms. The SMILES string of the molecule is Cc1cc(Oc2cccc(N(c3c(C)cc(O)cc3C)c3c(C)cc(O)cc3C)c2)c(C)cc1O. The molecule has 0 heterocycles. The Morgan fingerprint density at radius 3 is 1.60 bits per heavy atom. The lowest BCUT2D eigenvalue weighted by molar-refractivity contribution is 0.458. The first-order valence-corrected chi connectivity index (χ1v) is 11.5. The van der Waals surface area contributed by atoms with Gasteiger partial charge in [0.1, 0.15) is 28.7 Å². The molecule has 5 nitrogen and oxygen atoms in total. The molecule has 3 N–H and O–H groups in total. The average molecular weight is 470 g/mol. The van der Waals surface area contributed by atoms with Gasteiger partial charge in [-0.05, 0) is 123 Å². The highest BCUT2D eigenvalue weighted by molar-refractivity contribution is 5.84. The summed E-state index contributed by atoms with van der Waals surface area (Å²) in [4.78, 5) is 2.15. The molecule has 0 aliphatic rings. The van der Waals surface area contributed by atoms with E-state index in [0.717, 1.165) is 50.4 Å². The van der Waals surface area contributed by atoms with Gasteiger partial charge in [-0.2, -0.15) is 0 Å². The normalized spacial score (nSPS) is 10.9. The van der Waals surface area contributed by atoms with E-state index in [9.17, 15) is 15.3 Å². The topological polar surface area (TPSA) is 73.2 Å². The molecule has 180 valence electrons. The summed E-state index contributed by atoms with van der Waals surface area (Å²) in [6.07, 6.45) is 0. The van der Waals surface area contributed by atoms with E-state index in [4.69, 9.17) is 4.74 Å². The number of hydrogen-bond donors (Lipinski definition) is 3. The van der Waals surface area contributed by atoms with E-state index in [2.05, 4.69) is 4.90 Å². The maximum absolute atomic E-state index is 10.2. The molecule has 35 heavy (non-hydrogen) atoms. The Morgan fingerprint density at radius 2 is 1.09 bits per heavy atom. The van der Waals surface area contributed by atoms with Gasteiger partial charge in [-0.25, -0.2) is 0 Å². The number of aromatic hydroxyl groups is 3. The van der Waals surface area contributed by atoms with Gasteiger partial charge in [0.05, 0.1) is 11.4 Å². The van der Waals surface area contributed by atoms with E-state index in [1.165, 1.54) is 0 Å². The van der Waals surface area contributed by atoms with Crippen LogP contribution in [0.2, 0.25) is 0 Å². The minimum absolute atomic E-state index is 0.220. The third-order valence-corrected chi connectivity index (χ3v) is 6.20. The molecule has 4 aromatic rings. The summed E-state index contributed by atoms with van der Waals surface area (Å²) in [7, 11) is 0. The molecule has 0 atom stereocenters. The van der Waals surface area contributed by atoms with Crippen molar-refractivity contribution < 1.29 is 20.1 Å². The molecule has 5 heteroatoms. The summed E-state index contributed by atoms with van der Waals surface area (Å²) < 4.78 is 6.25. The fraction of sp³-hybridized carbons (Fsp3) is 0.200. The minimum atomic E-state index is 0.220. The largest absolute Gasteiger partial charge is 0.508 e. The maximum atomic E-state index is 10.2. The quantitative estimate of drug-likeness (QED) is 0.277. The Hall–Kier alpha value is -4.12. The lowest BCUT2D eigenvalue weighted by atomic mass is 10.0. The van der Waals surface area contributed by atoms with E-state index >= 15 is 0 Å². The second kappa shape index (κ2) is 9.26. The molecule has 0 saturated carbocycles. The molecule has 4 rings (SSSR count). The van der Waals surface area contributed by atoms with Crippen molar-refractivity contribution in [3.8, 4) is 28.7 Å². The first-order valence-electron chi connectivity index (χ1n) is 11.5. The Labute approximate surface area is 206 Å². The summed E-state index contributed by atoms with van der Waals surface area (Å²) in [5, 5.41) is 30.4. The molecule has 0 bridgehead atoms. The van der Waals surface area contributed by atoms with Crippen LogP contribution in [0.1, 0.15) is 33.4 Å². The smallest absolute Gasteiger partial charge is 0.130 e. The van der Waals surface area contributed by atoms with E-state index in [-0.39, 0.29) is 17.2 Å². The van der Waals surface area contributed by atoms with Gasteiger partial charge in [0.25, 0.3) is 0 Å². The average Bonchev–Trinajstić information content (AvgIpc) is 2.75. The van der Waals surface area contributed by atoms with Crippen LogP contribution in [0, 0.1) is 41.5 Å². The molecule has 0 radical (unpaired) electrons. The second-order valence-corrected chi connectivity index (χ2v) is 9.20. The Kier molecular flexibility index (Phi) is 6.35. The van der Waals surface area contributed by atoms with Crippen molar-refractivity contribution in [2.75, 3.05) is 4.90 Å². The molecular formula is C30H31NO4. The molecule has 4 aromatic carbocycles. The third kappa shape index (κ3) is 4.76. The van der Waals surface area contributed by atoms with Crippen molar-refractivity contribution >= 4 is 17.1 Å². The number of aryl methyl sites for hydroxylation is 6. The highest BCUT2D eigenvalue weighted by Gasteiger charge is 2.22. The molecule has 0 saturated heterocycles. The predicted octanol–water partition coefficient (Wildman–Crippen LogP) is 7.92. The first kappa shape index (κ1) is 24.0. The number of ether oxygens (including phenoxy) is 1. The van der Waals surface area contributed by atoms with E-state index in [1.807, 2.05) is 71.9 Å². The van der Waals surface area contributed by atoms with Crippen LogP contribution in [0.5, 0.6) is 28.7 Å². The van der Waals surface area contributed by atoms with Crippen LogP contribution < -0.4 is 9.64 Å². The van der Waals surface area contributed by atoms with Crippen LogP contribution in [-0.4, -0.2) is 15.3 Å². The molecule has 0 unspecified atom stereocenters. The zero-order valence-corrected chi connectivity index (χ0v) is 21.0. The van der Waals surface area contributed by atoms with Crippen molar-refractivity contribution in [2.24, 2.45) is 0 Å². The lowest BCUT2D eigenvalue weighted by Gasteiger charge is -2.31. The van der Waals surface area contributed by atoms with Gasteiger partial charge in [-0.15, -0.1) is 0 Å². The van der Waals surface area contributed by atoms with Gasteiger partial charge >= 0.3 is 0 Å². The van der Waals surface area contributed by atoms with Crippen molar-refractivity contribution in [1.29, 1.82) is 0 Å². The van der Waals surface area contributed by atoms with Crippen molar-refractivity contribution in [1.82, 2.24) is 0 Å². The minimum Gasteiger partial charge on any atom is -0.508 e. The van der Waals surface area contributed by atoms with Gasteiger partial charge in [-0.1, -0.05) is 6.07 Å². The zero-order chi connectivity index (χ0) is 25.4. The van der Waals surface area contributed by atoms with E-state index < -0.39 is 0 Å². The zero-order valence-electron chi connectivity index (χ0n) is 21.0. The molecule has 0 fully saturated rings. The summed E-state index contributed by atoms with van der Waals surface area (Å²) in [6.45, 7) is 11.6. The van der Waals surface area contributed by atoms with E-state index in [1.54, 1.807) is 30.3 Å². The number of phenolic OH excluding ortho intramolecular Hbond substituents is 3. The second-order valence-electron chi connectivity index (χ2n) is 9.20. The van der Waals surface area contributed by atoms with Crippen LogP contribution in [0.15, 0.2) is 60.7 Å². The Bertz CT molecular complexity index is 1320. The maximum Gasteiger partial charge on any atom is 0.130 e. The van der Waals surface area contributed by atoms with Gasteiger partial charge < -0.3 is 25.0 Å². The van der Waals surface area contributed by atoms with Crippen LogP contribution >= 0.6 is 0 Å². The van der Waals surface area contributed by atoms with Gasteiger partial charge in [0.2, 0.25) is 0 Å². The van der Waals surface area contributed by atoms with Crippen LogP contribution in [0.3, 0.4) is 0 Å². The highest BCUT2D eigenvalue weighted by atomic mass is 16.5. The molecule has 0 aliphatic carbocycles. The van der Waals surface area contributed by atoms with Crippen LogP contribution in [-0.2, 0) is 0 Å². The Balaban J connectivity index is 1.90. The molecule has 0 aliphatic heterocycles. The van der Waals surface area contributed by atoms with Crippen LogP contribution in [0.4, 0.5) is 17.1 Å². The molecule has 0 amide bonds. The van der Waals surface area contributed by atoms with E-state index in [0.29, 0.717) is 11.5 Å². The van der Waals surface area contributed by atoms with Gasteiger partial charge in [0.15, 0.2) is 0 Å². The number of nitrogens with zero attached hydrogens (tertiary/aromatic N) is 1. The molecular weight excluding hydrogens is 438 g/mol. The monoisotopic (exact) mass is 469 g/mol. The lowest BCUT2D eigenvalue weighted by Crippen LogP contribution is -2.15. The Morgan fingerprint density at radius 1 is 0.571 bits per heavy atom.